The van der Waals surface area contributed by atoms with Crippen molar-refractivity contribution in [3.63, 3.8) is 0 Å². The molecule has 90 valence electrons. The van der Waals surface area contributed by atoms with Gasteiger partial charge in [-0.05, 0) is 47.0 Å². The van der Waals surface area contributed by atoms with Gasteiger partial charge in [-0.1, -0.05) is 13.3 Å². The molecule has 1 fully saturated rings. The molecule has 2 heteroatoms. The van der Waals surface area contributed by atoms with Crippen LogP contribution < -0.4 is 5.32 Å². The lowest BCUT2D eigenvalue weighted by atomic mass is 9.88. The van der Waals surface area contributed by atoms with E-state index in [1.54, 1.807) is 0 Å². The summed E-state index contributed by atoms with van der Waals surface area (Å²) >= 11 is 0. The van der Waals surface area contributed by atoms with E-state index in [9.17, 15) is 0 Å². The van der Waals surface area contributed by atoms with E-state index >= 15 is 0 Å². The van der Waals surface area contributed by atoms with Gasteiger partial charge in [0.15, 0.2) is 0 Å². The highest BCUT2D eigenvalue weighted by Gasteiger charge is 2.33. The zero-order valence-electron chi connectivity index (χ0n) is 11.0. The van der Waals surface area contributed by atoms with E-state index in [0.29, 0.717) is 18.2 Å². The molecular weight excluding hydrogens is 186 g/mol. The summed E-state index contributed by atoms with van der Waals surface area (Å²) in [5.41, 5.74) is 0.0185. The molecule has 0 radical (unpaired) electrons. The first-order valence-corrected chi connectivity index (χ1v) is 6.34. The first kappa shape index (κ1) is 13.0. The Morgan fingerprint density at radius 1 is 1.33 bits per heavy atom. The molecule has 0 aromatic carbocycles. The Bertz CT molecular complexity index is 179. The summed E-state index contributed by atoms with van der Waals surface area (Å²) in [6.07, 6.45) is 5.40. The molecule has 1 saturated carbocycles. The van der Waals surface area contributed by atoms with Crippen molar-refractivity contribution in [2.75, 3.05) is 0 Å². The van der Waals surface area contributed by atoms with Gasteiger partial charge in [0.2, 0.25) is 0 Å². The maximum atomic E-state index is 5.91. The van der Waals surface area contributed by atoms with Crippen molar-refractivity contribution in [3.8, 4) is 0 Å². The molecule has 0 aromatic rings. The molecule has 1 aliphatic carbocycles. The maximum Gasteiger partial charge on any atom is 0.0612 e. The molecule has 15 heavy (non-hydrogen) atoms. The minimum atomic E-state index is 0.0185. The quantitative estimate of drug-likeness (QED) is 0.757. The van der Waals surface area contributed by atoms with Crippen LogP contribution in [0.3, 0.4) is 0 Å². The normalized spacial score (nSPS) is 28.6. The Labute approximate surface area is 94.8 Å². The van der Waals surface area contributed by atoms with Crippen LogP contribution >= 0.6 is 0 Å². The highest BCUT2D eigenvalue weighted by atomic mass is 16.5. The maximum absolute atomic E-state index is 5.91. The summed E-state index contributed by atoms with van der Waals surface area (Å²) in [6.45, 7) is 10.9. The zero-order chi connectivity index (χ0) is 11.5. The van der Waals surface area contributed by atoms with E-state index in [1.807, 2.05) is 0 Å². The molecule has 0 heterocycles. The van der Waals surface area contributed by atoms with Gasteiger partial charge in [0.25, 0.3) is 0 Å². The Morgan fingerprint density at radius 3 is 2.40 bits per heavy atom. The van der Waals surface area contributed by atoms with Crippen LogP contribution in [0, 0.1) is 0 Å². The average molecular weight is 213 g/mol. The molecule has 0 saturated heterocycles. The lowest BCUT2D eigenvalue weighted by Gasteiger charge is -2.40. The van der Waals surface area contributed by atoms with Crippen LogP contribution in [-0.4, -0.2) is 23.8 Å². The molecule has 0 aromatic heterocycles. The van der Waals surface area contributed by atoms with Crippen LogP contribution in [0.2, 0.25) is 0 Å². The van der Waals surface area contributed by atoms with Crippen LogP contribution in [0.4, 0.5) is 0 Å². The second-order valence-electron chi connectivity index (χ2n) is 5.88. The monoisotopic (exact) mass is 213 g/mol. The van der Waals surface area contributed by atoms with Gasteiger partial charge in [-0.2, -0.15) is 0 Å². The Kier molecular flexibility index (Phi) is 4.60. The van der Waals surface area contributed by atoms with Gasteiger partial charge >= 0.3 is 0 Å². The number of nitrogens with one attached hydrogen (secondary N) is 1. The first-order valence-electron chi connectivity index (χ1n) is 6.34. The molecule has 1 unspecified atom stereocenters. The summed E-state index contributed by atoms with van der Waals surface area (Å²) in [6, 6.07) is 1.36. The van der Waals surface area contributed by atoms with Crippen molar-refractivity contribution in [1.29, 1.82) is 0 Å². The van der Waals surface area contributed by atoms with Gasteiger partial charge in [-0.15, -0.1) is 0 Å². The SMILES string of the molecule is CCCC(C)NC1CC(OC(C)(C)C)C1. The van der Waals surface area contributed by atoms with Crippen molar-refractivity contribution < 1.29 is 4.74 Å². The molecule has 1 atom stereocenters. The second kappa shape index (κ2) is 5.31. The van der Waals surface area contributed by atoms with Gasteiger partial charge in [-0.3, -0.25) is 0 Å². The molecular formula is C13H27NO. The predicted octanol–water partition coefficient (Wildman–Crippen LogP) is 3.11. The van der Waals surface area contributed by atoms with E-state index in [1.165, 1.54) is 25.7 Å². The van der Waals surface area contributed by atoms with Crippen LogP contribution in [0.1, 0.15) is 60.3 Å². The third kappa shape index (κ3) is 4.98. The topological polar surface area (TPSA) is 21.3 Å². The summed E-state index contributed by atoms with van der Waals surface area (Å²) in [7, 11) is 0. The van der Waals surface area contributed by atoms with Crippen LogP contribution in [-0.2, 0) is 4.74 Å². The van der Waals surface area contributed by atoms with Crippen molar-refractivity contribution in [2.24, 2.45) is 0 Å². The van der Waals surface area contributed by atoms with E-state index in [4.69, 9.17) is 4.74 Å². The molecule has 0 aliphatic heterocycles. The molecule has 0 amide bonds. The van der Waals surface area contributed by atoms with Gasteiger partial charge in [0.05, 0.1) is 11.7 Å². The molecule has 0 spiro atoms. The van der Waals surface area contributed by atoms with Gasteiger partial charge in [-0.25, -0.2) is 0 Å². The number of hydrogen-bond acceptors (Lipinski definition) is 2. The van der Waals surface area contributed by atoms with Gasteiger partial charge in [0, 0.05) is 12.1 Å². The largest absolute Gasteiger partial charge is 0.373 e. The lowest BCUT2D eigenvalue weighted by molar-refractivity contribution is -0.103. The standard InChI is InChI=1S/C13H27NO/c1-6-7-10(2)14-11-8-12(9-11)15-13(3,4)5/h10-12,14H,6-9H2,1-5H3. The average Bonchev–Trinajstić information content (AvgIpc) is 1.98. The van der Waals surface area contributed by atoms with E-state index < -0.39 is 0 Å². The Morgan fingerprint density at radius 2 is 1.93 bits per heavy atom. The summed E-state index contributed by atoms with van der Waals surface area (Å²) in [4.78, 5) is 0. The molecule has 1 rings (SSSR count). The minimum absolute atomic E-state index is 0.0185. The zero-order valence-corrected chi connectivity index (χ0v) is 11.0. The fourth-order valence-corrected chi connectivity index (χ4v) is 2.22. The summed E-state index contributed by atoms with van der Waals surface area (Å²) < 4.78 is 5.91. The lowest BCUT2D eigenvalue weighted by Crippen LogP contribution is -2.50. The number of rotatable bonds is 5. The number of hydrogen-bond donors (Lipinski definition) is 1. The Balaban J connectivity index is 2.10. The fraction of sp³-hybridized carbons (Fsp3) is 1.00. The summed E-state index contributed by atoms with van der Waals surface area (Å²) in [5, 5.41) is 3.65. The Hall–Kier alpha value is -0.0800. The van der Waals surface area contributed by atoms with E-state index in [0.717, 1.165) is 0 Å². The van der Waals surface area contributed by atoms with Crippen LogP contribution in [0.15, 0.2) is 0 Å². The van der Waals surface area contributed by atoms with Gasteiger partial charge < -0.3 is 10.1 Å². The predicted molar refractivity (Wildman–Crippen MR) is 65.2 cm³/mol. The van der Waals surface area contributed by atoms with Crippen molar-refractivity contribution >= 4 is 0 Å². The number of ether oxygens (including phenoxy) is 1. The fourth-order valence-electron chi connectivity index (χ4n) is 2.22. The summed E-state index contributed by atoms with van der Waals surface area (Å²) in [5.74, 6) is 0. The second-order valence-corrected chi connectivity index (χ2v) is 5.88. The van der Waals surface area contributed by atoms with Crippen LogP contribution in [0.5, 0.6) is 0 Å². The van der Waals surface area contributed by atoms with Crippen molar-refractivity contribution in [1.82, 2.24) is 5.32 Å². The highest BCUT2D eigenvalue weighted by molar-refractivity contribution is 4.88. The van der Waals surface area contributed by atoms with Gasteiger partial charge in [0.1, 0.15) is 0 Å². The third-order valence-corrected chi connectivity index (χ3v) is 2.86. The molecule has 1 N–H and O–H groups in total. The van der Waals surface area contributed by atoms with Crippen molar-refractivity contribution in [3.05, 3.63) is 0 Å². The third-order valence-electron chi connectivity index (χ3n) is 2.86. The van der Waals surface area contributed by atoms with E-state index in [2.05, 4.69) is 39.9 Å². The highest BCUT2D eigenvalue weighted by Crippen LogP contribution is 2.28. The van der Waals surface area contributed by atoms with Crippen molar-refractivity contribution in [2.45, 2.75) is 84.1 Å². The smallest absolute Gasteiger partial charge is 0.0612 e. The molecule has 0 bridgehead atoms. The molecule has 1 aliphatic rings. The van der Waals surface area contributed by atoms with Crippen LogP contribution in [0.25, 0.3) is 0 Å². The van der Waals surface area contributed by atoms with E-state index in [-0.39, 0.29) is 5.60 Å². The molecule has 2 nitrogen and oxygen atoms in total. The minimum Gasteiger partial charge on any atom is -0.373 e. The first-order chi connectivity index (χ1) is 6.90.